The standard InChI is InChI=1S/C12H21BrN2S/c1-9(2)15(4)7-6-14-10(3)12-11(13)5-8-16-12/h5,8-10,14H,6-7H2,1-4H3. The molecule has 1 atom stereocenters. The van der Waals surface area contributed by atoms with E-state index in [4.69, 9.17) is 0 Å². The highest BCUT2D eigenvalue weighted by Gasteiger charge is 2.10. The Morgan fingerprint density at radius 2 is 2.12 bits per heavy atom. The number of hydrogen-bond acceptors (Lipinski definition) is 3. The summed E-state index contributed by atoms with van der Waals surface area (Å²) < 4.78 is 1.22. The van der Waals surface area contributed by atoms with Crippen molar-refractivity contribution in [2.24, 2.45) is 0 Å². The van der Waals surface area contributed by atoms with Gasteiger partial charge in [0.1, 0.15) is 0 Å². The molecule has 0 aromatic carbocycles. The largest absolute Gasteiger partial charge is 0.308 e. The summed E-state index contributed by atoms with van der Waals surface area (Å²) in [4.78, 5) is 3.73. The Morgan fingerprint density at radius 1 is 1.44 bits per heavy atom. The topological polar surface area (TPSA) is 15.3 Å². The number of halogens is 1. The fourth-order valence-corrected chi connectivity index (χ4v) is 3.17. The highest BCUT2D eigenvalue weighted by molar-refractivity contribution is 9.10. The van der Waals surface area contributed by atoms with Crippen molar-refractivity contribution in [3.63, 3.8) is 0 Å². The average molecular weight is 305 g/mol. The van der Waals surface area contributed by atoms with Gasteiger partial charge in [-0.25, -0.2) is 0 Å². The zero-order chi connectivity index (χ0) is 12.1. The van der Waals surface area contributed by atoms with Crippen molar-refractivity contribution in [1.82, 2.24) is 10.2 Å². The van der Waals surface area contributed by atoms with Crippen molar-refractivity contribution in [2.75, 3.05) is 20.1 Å². The molecule has 0 amide bonds. The monoisotopic (exact) mass is 304 g/mol. The van der Waals surface area contributed by atoms with Gasteiger partial charge in [0.25, 0.3) is 0 Å². The average Bonchev–Trinajstić information content (AvgIpc) is 2.64. The minimum absolute atomic E-state index is 0.426. The molecular weight excluding hydrogens is 284 g/mol. The van der Waals surface area contributed by atoms with Gasteiger partial charge in [0.05, 0.1) is 0 Å². The van der Waals surface area contributed by atoms with Gasteiger partial charge < -0.3 is 10.2 Å². The van der Waals surface area contributed by atoms with Gasteiger partial charge in [0.2, 0.25) is 0 Å². The van der Waals surface area contributed by atoms with Crippen LogP contribution in [0.15, 0.2) is 15.9 Å². The lowest BCUT2D eigenvalue weighted by molar-refractivity contribution is 0.270. The molecule has 1 aromatic rings. The molecule has 4 heteroatoms. The molecule has 16 heavy (non-hydrogen) atoms. The first-order valence-corrected chi connectivity index (χ1v) is 7.36. The van der Waals surface area contributed by atoms with Crippen LogP contribution in [0.2, 0.25) is 0 Å². The van der Waals surface area contributed by atoms with E-state index in [9.17, 15) is 0 Å². The second-order valence-electron chi connectivity index (χ2n) is 4.38. The highest BCUT2D eigenvalue weighted by atomic mass is 79.9. The van der Waals surface area contributed by atoms with E-state index in [1.165, 1.54) is 9.35 Å². The minimum Gasteiger partial charge on any atom is -0.308 e. The summed E-state index contributed by atoms with van der Waals surface area (Å²) in [5, 5.41) is 5.67. The number of nitrogens with one attached hydrogen (secondary N) is 1. The zero-order valence-corrected chi connectivity index (χ0v) is 12.9. The Balaban J connectivity index is 2.31. The van der Waals surface area contributed by atoms with Crippen LogP contribution >= 0.6 is 27.3 Å². The molecule has 0 bridgehead atoms. The third kappa shape index (κ3) is 4.17. The first-order valence-electron chi connectivity index (χ1n) is 5.69. The first kappa shape index (κ1) is 14.2. The smallest absolute Gasteiger partial charge is 0.0397 e. The Labute approximate surface area is 111 Å². The van der Waals surface area contributed by atoms with Crippen LogP contribution in [0.4, 0.5) is 0 Å². The highest BCUT2D eigenvalue weighted by Crippen LogP contribution is 2.28. The van der Waals surface area contributed by atoms with Crippen LogP contribution < -0.4 is 5.32 Å². The molecule has 1 heterocycles. The number of hydrogen-bond donors (Lipinski definition) is 1. The fraction of sp³-hybridized carbons (Fsp3) is 0.667. The van der Waals surface area contributed by atoms with Crippen molar-refractivity contribution in [1.29, 1.82) is 0 Å². The van der Waals surface area contributed by atoms with Crippen LogP contribution in [0.25, 0.3) is 0 Å². The lowest BCUT2D eigenvalue weighted by atomic mass is 10.2. The van der Waals surface area contributed by atoms with E-state index in [2.05, 4.69) is 65.4 Å². The second kappa shape index (κ2) is 6.74. The maximum atomic E-state index is 3.57. The SMILES string of the molecule is CC(NCCN(C)C(C)C)c1sccc1Br. The van der Waals surface area contributed by atoms with Crippen molar-refractivity contribution < 1.29 is 0 Å². The maximum absolute atomic E-state index is 3.57. The molecule has 1 N–H and O–H groups in total. The van der Waals surface area contributed by atoms with Crippen LogP contribution in [-0.4, -0.2) is 31.1 Å². The van der Waals surface area contributed by atoms with E-state index < -0.39 is 0 Å². The van der Waals surface area contributed by atoms with Gasteiger partial charge in [-0.3, -0.25) is 0 Å². The Bertz CT molecular complexity index is 312. The van der Waals surface area contributed by atoms with Gasteiger partial charge in [-0.1, -0.05) is 0 Å². The molecule has 2 nitrogen and oxygen atoms in total. The Kier molecular flexibility index (Phi) is 5.97. The van der Waals surface area contributed by atoms with Gasteiger partial charge in [-0.05, 0) is 55.2 Å². The van der Waals surface area contributed by atoms with Crippen LogP contribution in [-0.2, 0) is 0 Å². The number of likely N-dealkylation sites (N-methyl/N-ethyl adjacent to an activating group) is 1. The minimum atomic E-state index is 0.426. The molecule has 0 saturated heterocycles. The molecule has 0 aliphatic rings. The molecule has 0 saturated carbocycles. The van der Waals surface area contributed by atoms with Crippen LogP contribution in [0.5, 0.6) is 0 Å². The van der Waals surface area contributed by atoms with Gasteiger partial charge >= 0.3 is 0 Å². The number of nitrogens with zero attached hydrogens (tertiary/aromatic N) is 1. The van der Waals surface area contributed by atoms with Crippen molar-refractivity contribution in [3.05, 3.63) is 20.8 Å². The molecule has 0 radical (unpaired) electrons. The Morgan fingerprint density at radius 3 is 2.62 bits per heavy atom. The molecule has 1 rings (SSSR count). The normalized spacial score (nSPS) is 13.7. The van der Waals surface area contributed by atoms with Gasteiger partial charge in [-0.15, -0.1) is 11.3 Å². The number of thiophene rings is 1. The molecule has 1 aromatic heterocycles. The van der Waals surface area contributed by atoms with Crippen LogP contribution in [0.1, 0.15) is 31.7 Å². The predicted molar refractivity (Wildman–Crippen MR) is 76.2 cm³/mol. The third-order valence-corrected chi connectivity index (χ3v) is 4.89. The molecular formula is C12H21BrN2S. The summed E-state index contributed by atoms with van der Waals surface area (Å²) in [6.45, 7) is 8.77. The summed E-state index contributed by atoms with van der Waals surface area (Å²) in [7, 11) is 2.16. The summed E-state index contributed by atoms with van der Waals surface area (Å²) in [6, 6.07) is 3.15. The number of rotatable bonds is 6. The van der Waals surface area contributed by atoms with Crippen LogP contribution in [0, 0.1) is 0 Å². The molecule has 0 spiro atoms. The molecule has 0 aliphatic heterocycles. The van der Waals surface area contributed by atoms with E-state index in [1.54, 1.807) is 11.3 Å². The van der Waals surface area contributed by atoms with Gasteiger partial charge in [-0.2, -0.15) is 0 Å². The summed E-state index contributed by atoms with van der Waals surface area (Å²) >= 11 is 5.37. The lowest BCUT2D eigenvalue weighted by Gasteiger charge is -2.22. The van der Waals surface area contributed by atoms with Crippen LogP contribution in [0.3, 0.4) is 0 Å². The quantitative estimate of drug-likeness (QED) is 0.865. The molecule has 92 valence electrons. The van der Waals surface area contributed by atoms with Gasteiger partial charge in [0, 0.05) is 34.5 Å². The van der Waals surface area contributed by atoms with E-state index in [0.29, 0.717) is 12.1 Å². The van der Waals surface area contributed by atoms with E-state index >= 15 is 0 Å². The zero-order valence-electron chi connectivity index (χ0n) is 10.5. The van der Waals surface area contributed by atoms with E-state index in [0.717, 1.165) is 13.1 Å². The Hall–Kier alpha value is 0.100. The molecule has 0 aliphatic carbocycles. The summed E-state index contributed by atoms with van der Waals surface area (Å²) in [6.07, 6.45) is 0. The maximum Gasteiger partial charge on any atom is 0.0397 e. The van der Waals surface area contributed by atoms with Crippen molar-refractivity contribution in [3.8, 4) is 0 Å². The van der Waals surface area contributed by atoms with E-state index in [-0.39, 0.29) is 0 Å². The summed E-state index contributed by atoms with van der Waals surface area (Å²) in [5.41, 5.74) is 0. The summed E-state index contributed by atoms with van der Waals surface area (Å²) in [5.74, 6) is 0. The predicted octanol–water partition coefficient (Wildman–Crippen LogP) is 3.50. The third-order valence-electron chi connectivity index (χ3n) is 2.83. The fourth-order valence-electron chi connectivity index (χ4n) is 1.42. The van der Waals surface area contributed by atoms with Gasteiger partial charge in [0.15, 0.2) is 0 Å². The van der Waals surface area contributed by atoms with E-state index in [1.807, 2.05) is 0 Å². The van der Waals surface area contributed by atoms with Crippen molar-refractivity contribution in [2.45, 2.75) is 32.9 Å². The lowest BCUT2D eigenvalue weighted by Crippen LogP contribution is -2.34. The molecule has 0 fully saturated rings. The molecule has 1 unspecified atom stereocenters. The van der Waals surface area contributed by atoms with Crippen molar-refractivity contribution >= 4 is 27.3 Å². The first-order chi connectivity index (χ1) is 7.52. The second-order valence-corrected chi connectivity index (χ2v) is 6.18.